The van der Waals surface area contributed by atoms with Crippen LogP contribution in [0.2, 0.25) is 0 Å². The minimum Gasteiger partial charge on any atom is -0.478 e. The molecule has 21 heavy (non-hydrogen) atoms. The lowest BCUT2D eigenvalue weighted by atomic mass is 10.1. The van der Waals surface area contributed by atoms with Crippen molar-refractivity contribution in [2.75, 3.05) is 0 Å². The lowest BCUT2D eigenvalue weighted by Crippen LogP contribution is -2.25. The number of carbonyl (C=O) groups is 1. The number of hydrogen-bond acceptors (Lipinski definition) is 5. The summed E-state index contributed by atoms with van der Waals surface area (Å²) in [5, 5.41) is 12.9. The average Bonchev–Trinajstić information content (AvgIpc) is 2.82. The highest BCUT2D eigenvalue weighted by molar-refractivity contribution is 7.89. The first-order valence-electron chi connectivity index (χ1n) is 5.98. The third-order valence-corrected chi connectivity index (χ3v) is 4.34. The third-order valence-electron chi connectivity index (χ3n) is 2.79. The normalized spacial score (nSPS) is 11.5. The lowest BCUT2D eigenvalue weighted by Gasteiger charge is -2.09. The maximum Gasteiger partial charge on any atom is 0.335 e. The van der Waals surface area contributed by atoms with Crippen molar-refractivity contribution in [2.24, 2.45) is 7.05 Å². The standard InChI is InChI=1S/C12H14N4O4S/c1-8-3-4-9(12(17)18)5-10(8)21(19,20)14-6-11-13-7-16(2)15-11/h3-5,7,14H,6H2,1-2H3,(H,17,18). The number of aryl methyl sites for hydroxylation is 2. The van der Waals surface area contributed by atoms with Gasteiger partial charge in [-0.2, -0.15) is 5.10 Å². The summed E-state index contributed by atoms with van der Waals surface area (Å²) in [6.07, 6.45) is 1.46. The number of aromatic carboxylic acids is 1. The fourth-order valence-corrected chi connectivity index (χ4v) is 2.97. The zero-order valence-corrected chi connectivity index (χ0v) is 12.3. The highest BCUT2D eigenvalue weighted by Crippen LogP contribution is 2.17. The van der Waals surface area contributed by atoms with Gasteiger partial charge in [0.05, 0.1) is 17.0 Å². The van der Waals surface area contributed by atoms with Crippen molar-refractivity contribution >= 4 is 16.0 Å². The molecule has 0 aliphatic carbocycles. The summed E-state index contributed by atoms with van der Waals surface area (Å²) in [6, 6.07) is 3.94. The Labute approximate surface area is 121 Å². The number of aromatic nitrogens is 3. The fraction of sp³-hybridized carbons (Fsp3) is 0.250. The second-order valence-electron chi connectivity index (χ2n) is 4.44. The van der Waals surface area contributed by atoms with Crippen LogP contribution >= 0.6 is 0 Å². The highest BCUT2D eigenvalue weighted by Gasteiger charge is 2.19. The SMILES string of the molecule is Cc1ccc(C(=O)O)cc1S(=O)(=O)NCc1ncn(C)n1. The summed E-state index contributed by atoms with van der Waals surface area (Å²) in [4.78, 5) is 14.8. The molecule has 0 saturated carbocycles. The summed E-state index contributed by atoms with van der Waals surface area (Å²) in [6.45, 7) is 1.53. The molecule has 1 aromatic heterocycles. The minimum atomic E-state index is -3.84. The van der Waals surface area contributed by atoms with Crippen LogP contribution in [0, 0.1) is 6.92 Å². The van der Waals surface area contributed by atoms with Crippen LogP contribution in [0.3, 0.4) is 0 Å². The van der Waals surface area contributed by atoms with E-state index in [1.807, 2.05) is 0 Å². The number of carboxylic acid groups (broad SMARTS) is 1. The monoisotopic (exact) mass is 310 g/mol. The van der Waals surface area contributed by atoms with Crippen LogP contribution in [0.25, 0.3) is 0 Å². The Hall–Kier alpha value is -2.26. The summed E-state index contributed by atoms with van der Waals surface area (Å²) in [5.41, 5.74) is 0.374. The van der Waals surface area contributed by atoms with Gasteiger partial charge in [0.15, 0.2) is 5.82 Å². The van der Waals surface area contributed by atoms with Crippen molar-refractivity contribution in [3.05, 3.63) is 41.5 Å². The lowest BCUT2D eigenvalue weighted by molar-refractivity contribution is 0.0696. The molecule has 0 spiro atoms. The molecule has 0 fully saturated rings. The molecular weight excluding hydrogens is 296 g/mol. The molecule has 9 heteroatoms. The van der Waals surface area contributed by atoms with E-state index >= 15 is 0 Å². The summed E-state index contributed by atoms with van der Waals surface area (Å²) < 4.78 is 28.3. The van der Waals surface area contributed by atoms with Crippen LogP contribution in [-0.4, -0.2) is 34.3 Å². The maximum atomic E-state index is 12.2. The molecule has 0 radical (unpaired) electrons. The van der Waals surface area contributed by atoms with E-state index in [1.165, 1.54) is 23.1 Å². The van der Waals surface area contributed by atoms with Crippen molar-refractivity contribution in [2.45, 2.75) is 18.4 Å². The molecule has 1 aromatic carbocycles. The first-order valence-corrected chi connectivity index (χ1v) is 7.46. The van der Waals surface area contributed by atoms with E-state index in [2.05, 4.69) is 14.8 Å². The Morgan fingerprint density at radius 2 is 2.14 bits per heavy atom. The first-order chi connectivity index (χ1) is 9.79. The summed E-state index contributed by atoms with van der Waals surface area (Å²) in [7, 11) is -2.17. The van der Waals surface area contributed by atoms with Crippen molar-refractivity contribution in [3.63, 3.8) is 0 Å². The van der Waals surface area contributed by atoms with Gasteiger partial charge in [0, 0.05) is 7.05 Å². The first kappa shape index (κ1) is 15.1. The molecule has 0 atom stereocenters. The molecule has 112 valence electrons. The smallest absolute Gasteiger partial charge is 0.335 e. The molecule has 2 rings (SSSR count). The van der Waals surface area contributed by atoms with Gasteiger partial charge in [0.25, 0.3) is 0 Å². The second kappa shape index (κ2) is 5.62. The van der Waals surface area contributed by atoms with E-state index < -0.39 is 16.0 Å². The van der Waals surface area contributed by atoms with Gasteiger partial charge < -0.3 is 5.11 Å². The van der Waals surface area contributed by atoms with Crippen molar-refractivity contribution in [1.82, 2.24) is 19.5 Å². The number of hydrogen-bond donors (Lipinski definition) is 2. The second-order valence-corrected chi connectivity index (χ2v) is 6.18. The van der Waals surface area contributed by atoms with Gasteiger partial charge in [0.1, 0.15) is 6.33 Å². The number of sulfonamides is 1. The van der Waals surface area contributed by atoms with Gasteiger partial charge >= 0.3 is 5.97 Å². The highest BCUT2D eigenvalue weighted by atomic mass is 32.2. The van der Waals surface area contributed by atoms with Crippen LogP contribution in [0.4, 0.5) is 0 Å². The van der Waals surface area contributed by atoms with Crippen LogP contribution < -0.4 is 4.72 Å². The molecule has 0 bridgehead atoms. The Kier molecular flexibility index (Phi) is 4.05. The topological polar surface area (TPSA) is 114 Å². The average molecular weight is 310 g/mol. The molecule has 2 aromatic rings. The molecule has 2 N–H and O–H groups in total. The van der Waals surface area contributed by atoms with Crippen molar-refractivity contribution < 1.29 is 18.3 Å². The minimum absolute atomic E-state index is 0.0695. The van der Waals surface area contributed by atoms with Crippen LogP contribution in [0.1, 0.15) is 21.7 Å². The molecular formula is C12H14N4O4S. The largest absolute Gasteiger partial charge is 0.478 e. The Balaban J connectivity index is 2.26. The molecule has 0 aliphatic heterocycles. The van der Waals surface area contributed by atoms with E-state index in [-0.39, 0.29) is 17.0 Å². The molecule has 1 heterocycles. The van der Waals surface area contributed by atoms with Crippen molar-refractivity contribution in [3.8, 4) is 0 Å². The van der Waals surface area contributed by atoms with Crippen LogP contribution in [0.5, 0.6) is 0 Å². The van der Waals surface area contributed by atoms with Gasteiger partial charge in [-0.05, 0) is 24.6 Å². The van der Waals surface area contributed by atoms with Crippen LogP contribution in [0.15, 0.2) is 29.4 Å². The molecule has 0 saturated heterocycles. The Bertz CT molecular complexity index is 782. The zero-order valence-electron chi connectivity index (χ0n) is 11.4. The predicted octanol–water partition coefficient (Wildman–Crippen LogP) is 0.300. The number of carboxylic acids is 1. The molecule has 0 amide bonds. The Morgan fingerprint density at radius 1 is 1.43 bits per heavy atom. The van der Waals surface area contributed by atoms with Gasteiger partial charge in [0.2, 0.25) is 10.0 Å². The van der Waals surface area contributed by atoms with Crippen LogP contribution in [-0.2, 0) is 23.6 Å². The van der Waals surface area contributed by atoms with Gasteiger partial charge in [-0.25, -0.2) is 22.9 Å². The maximum absolute atomic E-state index is 12.2. The fourth-order valence-electron chi connectivity index (χ4n) is 1.72. The predicted molar refractivity (Wildman–Crippen MR) is 73.2 cm³/mol. The molecule has 0 aliphatic rings. The van der Waals surface area contributed by atoms with E-state index in [4.69, 9.17) is 5.11 Å². The molecule has 8 nitrogen and oxygen atoms in total. The van der Waals surface area contributed by atoms with Crippen molar-refractivity contribution in [1.29, 1.82) is 0 Å². The number of nitrogens with zero attached hydrogens (tertiary/aromatic N) is 3. The third kappa shape index (κ3) is 3.44. The zero-order chi connectivity index (χ0) is 15.6. The number of benzene rings is 1. The summed E-state index contributed by atoms with van der Waals surface area (Å²) >= 11 is 0. The van der Waals surface area contributed by atoms with E-state index in [0.717, 1.165) is 6.07 Å². The van der Waals surface area contributed by atoms with Gasteiger partial charge in [-0.1, -0.05) is 6.07 Å². The van der Waals surface area contributed by atoms with E-state index in [1.54, 1.807) is 14.0 Å². The molecule has 0 unspecified atom stereocenters. The quantitative estimate of drug-likeness (QED) is 0.821. The Morgan fingerprint density at radius 3 is 2.71 bits per heavy atom. The van der Waals surface area contributed by atoms with Gasteiger partial charge in [-0.3, -0.25) is 4.68 Å². The van der Waals surface area contributed by atoms with Gasteiger partial charge in [-0.15, -0.1) is 0 Å². The number of nitrogens with one attached hydrogen (secondary N) is 1. The number of rotatable bonds is 5. The van der Waals surface area contributed by atoms with E-state index in [9.17, 15) is 13.2 Å². The summed E-state index contributed by atoms with van der Waals surface area (Å²) in [5.74, 6) is -0.856. The van der Waals surface area contributed by atoms with E-state index in [0.29, 0.717) is 11.4 Å².